The van der Waals surface area contributed by atoms with E-state index >= 15 is 0 Å². The van der Waals surface area contributed by atoms with Gasteiger partial charge in [0.15, 0.2) is 0 Å². The van der Waals surface area contributed by atoms with Gasteiger partial charge in [0.05, 0.1) is 0 Å². The summed E-state index contributed by atoms with van der Waals surface area (Å²) in [6.45, 7) is 7.30. The summed E-state index contributed by atoms with van der Waals surface area (Å²) in [5, 5.41) is 3.41. The van der Waals surface area contributed by atoms with Crippen LogP contribution in [0.15, 0.2) is 35.7 Å². The molecule has 0 radical (unpaired) electrons. The second kappa shape index (κ2) is 6.00. The van der Waals surface area contributed by atoms with Gasteiger partial charge in [0.1, 0.15) is 5.83 Å². The van der Waals surface area contributed by atoms with Crippen molar-refractivity contribution in [2.24, 2.45) is 0 Å². The van der Waals surface area contributed by atoms with Crippen molar-refractivity contribution < 1.29 is 4.39 Å². The molecule has 0 saturated heterocycles. The monoisotopic (exact) mass is 223 g/mol. The Morgan fingerprint density at radius 2 is 2.06 bits per heavy atom. The molecule has 0 fully saturated rings. The summed E-state index contributed by atoms with van der Waals surface area (Å²) in [5.41, 5.74) is 1.23. The zero-order valence-electron chi connectivity index (χ0n) is 10.5. The second-order valence-electron chi connectivity index (χ2n) is 5.21. The van der Waals surface area contributed by atoms with Crippen LogP contribution in [0.4, 0.5) is 4.39 Å². The summed E-state index contributed by atoms with van der Waals surface area (Å²) in [6, 6.07) is 0. The zero-order valence-corrected chi connectivity index (χ0v) is 10.5. The lowest BCUT2D eigenvalue weighted by Crippen LogP contribution is -2.36. The van der Waals surface area contributed by atoms with Gasteiger partial charge in [0, 0.05) is 12.0 Å². The van der Waals surface area contributed by atoms with E-state index in [1.54, 1.807) is 6.08 Å². The largest absolute Gasteiger partial charge is 0.312 e. The molecule has 0 spiro atoms. The molecule has 0 amide bonds. The predicted molar refractivity (Wildman–Crippen MR) is 68.0 cm³/mol. The SMILES string of the molecule is CC(C)(C)NCCC1=CC/C=C\C/C(F)=C\1. The van der Waals surface area contributed by atoms with Gasteiger partial charge in [-0.2, -0.15) is 0 Å². The van der Waals surface area contributed by atoms with E-state index in [4.69, 9.17) is 0 Å². The van der Waals surface area contributed by atoms with E-state index in [2.05, 4.69) is 32.2 Å². The first kappa shape index (κ1) is 13.2. The molecule has 2 heteroatoms. The number of rotatable bonds is 3. The molecule has 0 atom stereocenters. The maximum Gasteiger partial charge on any atom is 0.104 e. The summed E-state index contributed by atoms with van der Waals surface area (Å²) in [7, 11) is 0. The molecule has 0 aromatic carbocycles. The van der Waals surface area contributed by atoms with Crippen LogP contribution in [-0.2, 0) is 0 Å². The molecule has 0 unspecified atom stereocenters. The number of hydrogen-bond donors (Lipinski definition) is 1. The normalized spacial score (nSPS) is 22.8. The van der Waals surface area contributed by atoms with Crippen LogP contribution >= 0.6 is 0 Å². The van der Waals surface area contributed by atoms with Gasteiger partial charge in [-0.3, -0.25) is 0 Å². The van der Waals surface area contributed by atoms with Gasteiger partial charge in [0.2, 0.25) is 0 Å². The molecule has 1 nitrogen and oxygen atoms in total. The van der Waals surface area contributed by atoms with Crippen LogP contribution in [-0.4, -0.2) is 12.1 Å². The number of allylic oxidation sites excluding steroid dienone is 5. The highest BCUT2D eigenvalue weighted by Gasteiger charge is 2.08. The molecule has 16 heavy (non-hydrogen) atoms. The van der Waals surface area contributed by atoms with Gasteiger partial charge >= 0.3 is 0 Å². The van der Waals surface area contributed by atoms with Gasteiger partial charge in [-0.05, 0) is 51.8 Å². The van der Waals surface area contributed by atoms with E-state index in [0.29, 0.717) is 6.42 Å². The average molecular weight is 223 g/mol. The lowest BCUT2D eigenvalue weighted by molar-refractivity contribution is 0.429. The molecule has 0 heterocycles. The van der Waals surface area contributed by atoms with E-state index in [1.165, 1.54) is 0 Å². The van der Waals surface area contributed by atoms with E-state index in [-0.39, 0.29) is 11.4 Å². The average Bonchev–Trinajstić information content (AvgIpc) is 2.11. The van der Waals surface area contributed by atoms with Gasteiger partial charge in [-0.1, -0.05) is 18.2 Å². The Balaban J connectivity index is 2.46. The van der Waals surface area contributed by atoms with Gasteiger partial charge in [0.25, 0.3) is 0 Å². The lowest BCUT2D eigenvalue weighted by Gasteiger charge is -2.20. The van der Waals surface area contributed by atoms with Gasteiger partial charge in [-0.15, -0.1) is 0 Å². The summed E-state index contributed by atoms with van der Waals surface area (Å²) in [4.78, 5) is 0. The minimum Gasteiger partial charge on any atom is -0.312 e. The molecule has 1 rings (SSSR count). The van der Waals surface area contributed by atoms with Crippen molar-refractivity contribution in [2.45, 2.75) is 45.6 Å². The molecule has 0 bridgehead atoms. The van der Waals surface area contributed by atoms with Crippen molar-refractivity contribution in [3.63, 3.8) is 0 Å². The maximum atomic E-state index is 13.3. The van der Waals surface area contributed by atoms with E-state index in [1.807, 2.05) is 12.2 Å². The highest BCUT2D eigenvalue weighted by molar-refractivity contribution is 5.25. The van der Waals surface area contributed by atoms with Gasteiger partial charge in [-0.25, -0.2) is 4.39 Å². The van der Waals surface area contributed by atoms with Crippen molar-refractivity contribution in [1.82, 2.24) is 5.32 Å². The van der Waals surface area contributed by atoms with Crippen LogP contribution in [0.3, 0.4) is 0 Å². The zero-order chi connectivity index (χ0) is 12.0. The Kier molecular flexibility index (Phi) is 4.94. The Morgan fingerprint density at radius 3 is 2.75 bits per heavy atom. The maximum absolute atomic E-state index is 13.3. The first-order chi connectivity index (χ1) is 7.47. The highest BCUT2D eigenvalue weighted by Crippen LogP contribution is 2.15. The minimum absolute atomic E-state index is 0.0436. The van der Waals surface area contributed by atoms with Crippen LogP contribution < -0.4 is 5.32 Å². The third-order valence-corrected chi connectivity index (χ3v) is 2.41. The van der Waals surface area contributed by atoms with Crippen LogP contribution in [0.2, 0.25) is 0 Å². The molecule has 0 saturated carbocycles. The Bertz CT molecular complexity index is 305. The van der Waals surface area contributed by atoms with Crippen LogP contribution in [0.25, 0.3) is 0 Å². The number of hydrogen-bond acceptors (Lipinski definition) is 1. The molecule has 0 aliphatic heterocycles. The first-order valence-electron chi connectivity index (χ1n) is 5.92. The second-order valence-corrected chi connectivity index (χ2v) is 5.21. The van der Waals surface area contributed by atoms with Crippen LogP contribution in [0.1, 0.15) is 40.0 Å². The number of halogens is 1. The Labute approximate surface area is 98.1 Å². The fourth-order valence-corrected chi connectivity index (χ4v) is 1.59. The molecule has 1 N–H and O–H groups in total. The molecule has 1 aliphatic rings. The van der Waals surface area contributed by atoms with E-state index in [9.17, 15) is 4.39 Å². The predicted octanol–water partition coefficient (Wildman–Crippen LogP) is 3.89. The minimum atomic E-state index is -0.0436. The van der Waals surface area contributed by atoms with Crippen molar-refractivity contribution in [1.29, 1.82) is 0 Å². The fraction of sp³-hybridized carbons (Fsp3) is 0.571. The van der Waals surface area contributed by atoms with Crippen molar-refractivity contribution >= 4 is 0 Å². The summed E-state index contributed by atoms with van der Waals surface area (Å²) in [6.07, 6.45) is 9.90. The third kappa shape index (κ3) is 5.86. The summed E-state index contributed by atoms with van der Waals surface area (Å²) >= 11 is 0. The van der Waals surface area contributed by atoms with Crippen molar-refractivity contribution in [3.8, 4) is 0 Å². The van der Waals surface area contributed by atoms with Crippen LogP contribution in [0, 0.1) is 0 Å². The van der Waals surface area contributed by atoms with Gasteiger partial charge < -0.3 is 5.32 Å². The molecular weight excluding hydrogens is 201 g/mol. The fourth-order valence-electron chi connectivity index (χ4n) is 1.59. The lowest BCUT2D eigenvalue weighted by atomic mass is 10.1. The molecular formula is C14H22FN. The smallest absolute Gasteiger partial charge is 0.104 e. The standard InChI is InChI=1S/C14H22FN/c1-14(2,3)16-10-9-12-7-5-4-6-8-13(15)11-12/h4,6-7,11,16H,5,8-10H2,1-3H3/b6-4-,12-7?,13-11+. The number of nitrogens with one attached hydrogen (secondary N) is 1. The molecule has 0 aromatic rings. The van der Waals surface area contributed by atoms with E-state index in [0.717, 1.165) is 25.0 Å². The highest BCUT2D eigenvalue weighted by atomic mass is 19.1. The first-order valence-corrected chi connectivity index (χ1v) is 5.92. The van der Waals surface area contributed by atoms with Crippen LogP contribution in [0.5, 0.6) is 0 Å². The molecule has 90 valence electrons. The molecule has 0 aromatic heterocycles. The topological polar surface area (TPSA) is 12.0 Å². The summed E-state index contributed by atoms with van der Waals surface area (Å²) < 4.78 is 13.3. The quantitative estimate of drug-likeness (QED) is 0.716. The third-order valence-electron chi connectivity index (χ3n) is 2.41. The Hall–Kier alpha value is -0.890. The van der Waals surface area contributed by atoms with Crippen molar-refractivity contribution in [2.75, 3.05) is 6.54 Å². The van der Waals surface area contributed by atoms with E-state index < -0.39 is 0 Å². The Morgan fingerprint density at radius 1 is 1.31 bits per heavy atom. The molecule has 1 aliphatic carbocycles. The summed E-state index contributed by atoms with van der Waals surface area (Å²) in [5.74, 6) is -0.0436. The van der Waals surface area contributed by atoms with Crippen molar-refractivity contribution in [3.05, 3.63) is 35.7 Å².